The lowest BCUT2D eigenvalue weighted by Crippen LogP contribution is -2.66. The summed E-state index contributed by atoms with van der Waals surface area (Å²) in [7, 11) is 1.14. The van der Waals surface area contributed by atoms with Crippen LogP contribution in [0.4, 0.5) is 13.6 Å². The average molecular weight is 605 g/mol. The van der Waals surface area contributed by atoms with Gasteiger partial charge < -0.3 is 23.8 Å². The lowest BCUT2D eigenvalue weighted by atomic mass is 9.85. The number of nitrogens with zero attached hydrogens (tertiary/aromatic N) is 2. The van der Waals surface area contributed by atoms with E-state index in [-0.39, 0.29) is 41.7 Å². The number of carbonyl (C=O) groups is 3. The van der Waals surface area contributed by atoms with Crippen molar-refractivity contribution in [3.63, 3.8) is 0 Å². The van der Waals surface area contributed by atoms with E-state index in [0.29, 0.717) is 25.0 Å². The summed E-state index contributed by atoms with van der Waals surface area (Å²) in [6.45, 7) is 0.113. The van der Waals surface area contributed by atoms with Crippen LogP contribution in [0.5, 0.6) is 0 Å². The Morgan fingerprint density at radius 2 is 2.05 bits per heavy atom. The minimum atomic E-state index is -1.00. The lowest BCUT2D eigenvalue weighted by molar-refractivity contribution is -0.160. The number of morpholine rings is 1. The molecule has 216 valence electrons. The second-order valence-corrected chi connectivity index (χ2v) is 11.9. The Hall–Kier alpha value is -3.26. The molecule has 0 N–H and O–H groups in total. The predicted molar refractivity (Wildman–Crippen MR) is 144 cm³/mol. The highest BCUT2D eigenvalue weighted by Crippen LogP contribution is 2.49. The maximum Gasteiger partial charge on any atom is 0.510 e. The molecule has 2 aromatic rings. The average Bonchev–Trinajstić information content (AvgIpc) is 3.38. The molecular weight excluding hydrogens is 578 g/mol. The number of carbonyl (C=O) groups excluding carboxylic acids is 3. The number of methoxy groups -OCH3 is 1. The van der Waals surface area contributed by atoms with Gasteiger partial charge in [-0.3, -0.25) is 14.5 Å². The maximum atomic E-state index is 15.3. The normalized spacial score (nSPS) is 26.9. The molecule has 4 aliphatic rings. The number of halogens is 2. The van der Waals surface area contributed by atoms with Crippen LogP contribution < -0.4 is 0 Å². The smallest absolute Gasteiger partial charge is 0.453 e. The highest BCUT2D eigenvalue weighted by Gasteiger charge is 2.51. The standard InChI is InChI=1S/C28H26F2N2O7S2/c1-36-28(35)39-14-38-25-20(33)5-3-2-4-19-22(25)26(34)31-9-10-37-12-21(31)32(19)24-15-6-7-18(29)23(30)17(15)13-41-27-16(24)8-11-40-27/h3,5-8,11,19,21,24H,2,4,9-10,12-14H2,1H3/b5-3-,25-22-/t19?,21-,24+/m1/s1. The quantitative estimate of drug-likeness (QED) is 0.369. The summed E-state index contributed by atoms with van der Waals surface area (Å²) in [4.78, 5) is 42.7. The topological polar surface area (TPSA) is 94.6 Å². The van der Waals surface area contributed by atoms with Gasteiger partial charge in [0.2, 0.25) is 12.6 Å². The van der Waals surface area contributed by atoms with Crippen molar-refractivity contribution in [3.05, 3.63) is 75.4 Å². The van der Waals surface area contributed by atoms with Gasteiger partial charge in [-0.05, 0) is 47.6 Å². The lowest BCUT2D eigenvalue weighted by Gasteiger charge is -2.53. The van der Waals surface area contributed by atoms with Crippen LogP contribution in [0, 0.1) is 11.6 Å². The third-order valence-corrected chi connectivity index (χ3v) is 9.94. The van der Waals surface area contributed by atoms with Gasteiger partial charge in [0.25, 0.3) is 5.91 Å². The Balaban J connectivity index is 1.54. The van der Waals surface area contributed by atoms with E-state index in [4.69, 9.17) is 14.2 Å². The summed E-state index contributed by atoms with van der Waals surface area (Å²) in [5, 5.41) is 1.96. The molecule has 0 spiro atoms. The molecule has 3 aliphatic heterocycles. The van der Waals surface area contributed by atoms with Crippen molar-refractivity contribution in [2.45, 2.75) is 41.1 Å². The van der Waals surface area contributed by atoms with Crippen molar-refractivity contribution in [1.82, 2.24) is 9.80 Å². The second-order valence-electron chi connectivity index (χ2n) is 9.75. The molecule has 0 radical (unpaired) electrons. The number of rotatable bonds is 4. The molecule has 0 saturated carbocycles. The molecule has 13 heteroatoms. The van der Waals surface area contributed by atoms with Crippen molar-refractivity contribution >= 4 is 40.9 Å². The summed E-state index contributed by atoms with van der Waals surface area (Å²) in [6, 6.07) is 3.47. The van der Waals surface area contributed by atoms with E-state index < -0.39 is 48.6 Å². The zero-order valence-corrected chi connectivity index (χ0v) is 23.6. The number of ether oxygens (including phenoxy) is 4. The molecule has 1 unspecified atom stereocenters. The number of hydrogen-bond donors (Lipinski definition) is 0. The van der Waals surface area contributed by atoms with E-state index in [0.717, 1.165) is 22.9 Å². The van der Waals surface area contributed by atoms with E-state index >= 15 is 4.39 Å². The third kappa shape index (κ3) is 4.94. The molecule has 2 saturated heterocycles. The first kappa shape index (κ1) is 27.9. The molecule has 1 amide bonds. The Morgan fingerprint density at radius 1 is 1.20 bits per heavy atom. The summed E-state index contributed by atoms with van der Waals surface area (Å²) >= 11 is 2.96. The number of hydrogen-bond acceptors (Lipinski definition) is 10. The SMILES string of the molecule is COC(=O)OCO/C1=C2\C(=O)N3CCOC[C@H]3N([C@@H]3c4ccsc4SCc4c3ccc(F)c4F)C2CC/C=C\C1=O. The van der Waals surface area contributed by atoms with Gasteiger partial charge in [0.1, 0.15) is 6.17 Å². The van der Waals surface area contributed by atoms with E-state index in [1.165, 1.54) is 29.2 Å². The molecular formula is C28H26F2N2O7S2. The van der Waals surface area contributed by atoms with Crippen LogP contribution in [0.1, 0.15) is 35.6 Å². The molecule has 1 aliphatic carbocycles. The fourth-order valence-electron chi connectivity index (χ4n) is 5.88. The van der Waals surface area contributed by atoms with Crippen LogP contribution >= 0.6 is 23.1 Å². The van der Waals surface area contributed by atoms with Gasteiger partial charge >= 0.3 is 6.16 Å². The van der Waals surface area contributed by atoms with Crippen molar-refractivity contribution in [1.29, 1.82) is 0 Å². The van der Waals surface area contributed by atoms with Gasteiger partial charge in [0, 0.05) is 23.9 Å². The van der Waals surface area contributed by atoms with Crippen molar-refractivity contribution in [2.75, 3.05) is 33.7 Å². The zero-order chi connectivity index (χ0) is 28.7. The van der Waals surface area contributed by atoms with Gasteiger partial charge in [-0.15, -0.1) is 23.1 Å². The van der Waals surface area contributed by atoms with Crippen molar-refractivity contribution in [3.8, 4) is 0 Å². The van der Waals surface area contributed by atoms with E-state index in [1.54, 1.807) is 17.0 Å². The predicted octanol–water partition coefficient (Wildman–Crippen LogP) is 4.52. The molecule has 41 heavy (non-hydrogen) atoms. The summed E-state index contributed by atoms with van der Waals surface area (Å²) in [6.07, 6.45) is 2.41. The van der Waals surface area contributed by atoms with E-state index in [9.17, 15) is 18.8 Å². The molecule has 3 atom stereocenters. The zero-order valence-electron chi connectivity index (χ0n) is 22.0. The Bertz CT molecular complexity index is 1460. The molecule has 1 aromatic heterocycles. The largest absolute Gasteiger partial charge is 0.510 e. The Labute approximate surface area is 242 Å². The first-order valence-electron chi connectivity index (χ1n) is 13.0. The first-order valence-corrected chi connectivity index (χ1v) is 14.9. The van der Waals surface area contributed by atoms with Crippen LogP contribution in [0.15, 0.2) is 51.3 Å². The van der Waals surface area contributed by atoms with Crippen LogP contribution in [-0.2, 0) is 34.3 Å². The van der Waals surface area contributed by atoms with Gasteiger partial charge in [0.05, 0.1) is 36.1 Å². The van der Waals surface area contributed by atoms with E-state index in [2.05, 4.69) is 9.64 Å². The fraction of sp³-hybridized carbons (Fsp3) is 0.393. The first-order chi connectivity index (χ1) is 19.9. The highest BCUT2D eigenvalue weighted by molar-refractivity contribution is 8.00. The summed E-state index contributed by atoms with van der Waals surface area (Å²) in [5.41, 5.74) is 1.89. The minimum Gasteiger partial charge on any atom is -0.453 e. The van der Waals surface area contributed by atoms with Crippen molar-refractivity contribution < 1.29 is 42.1 Å². The number of fused-ring (bicyclic) bond motifs is 4. The van der Waals surface area contributed by atoms with E-state index in [1.807, 2.05) is 11.4 Å². The monoisotopic (exact) mass is 604 g/mol. The highest BCUT2D eigenvalue weighted by atomic mass is 32.2. The number of allylic oxidation sites excluding steroid dienone is 2. The molecule has 6 rings (SSSR count). The molecule has 4 heterocycles. The summed E-state index contributed by atoms with van der Waals surface area (Å²) in [5.74, 6) is -2.72. The van der Waals surface area contributed by atoms with Gasteiger partial charge in [-0.1, -0.05) is 12.1 Å². The van der Waals surface area contributed by atoms with Crippen LogP contribution in [0.2, 0.25) is 0 Å². The Morgan fingerprint density at radius 3 is 2.88 bits per heavy atom. The Kier molecular flexibility index (Phi) is 7.86. The van der Waals surface area contributed by atoms with Gasteiger partial charge in [0.15, 0.2) is 17.4 Å². The number of amides is 1. The van der Waals surface area contributed by atoms with Gasteiger partial charge in [-0.25, -0.2) is 13.6 Å². The maximum absolute atomic E-state index is 15.3. The number of ketones is 1. The van der Waals surface area contributed by atoms with Crippen LogP contribution in [-0.4, -0.2) is 73.5 Å². The van der Waals surface area contributed by atoms with Crippen LogP contribution in [0.25, 0.3) is 0 Å². The second kappa shape index (κ2) is 11.6. The third-order valence-electron chi connectivity index (χ3n) is 7.65. The molecule has 1 aromatic carbocycles. The molecule has 9 nitrogen and oxygen atoms in total. The molecule has 0 bridgehead atoms. The minimum absolute atomic E-state index is 0.128. The fourth-order valence-corrected chi connectivity index (χ4v) is 8.07. The summed E-state index contributed by atoms with van der Waals surface area (Å²) < 4.78 is 51.6. The number of thioether (sulfide) groups is 1. The number of thiophene rings is 1. The van der Waals surface area contributed by atoms with Gasteiger partial charge in [-0.2, -0.15) is 0 Å². The van der Waals surface area contributed by atoms with Crippen LogP contribution in [0.3, 0.4) is 0 Å². The molecule has 2 fully saturated rings. The number of benzene rings is 1. The van der Waals surface area contributed by atoms with Crippen molar-refractivity contribution in [2.24, 2.45) is 0 Å².